The van der Waals surface area contributed by atoms with Gasteiger partial charge in [0.2, 0.25) is 5.91 Å². The highest BCUT2D eigenvalue weighted by atomic mass is 32.2. The van der Waals surface area contributed by atoms with Gasteiger partial charge in [0.15, 0.2) is 11.0 Å². The zero-order valence-corrected chi connectivity index (χ0v) is 12.0. The Hall–Kier alpha value is -2.09. The van der Waals surface area contributed by atoms with Crippen molar-refractivity contribution < 1.29 is 9.32 Å². The lowest BCUT2D eigenvalue weighted by molar-refractivity contribution is -0.115. The molecule has 0 atom stereocenters. The maximum atomic E-state index is 11.7. The molecule has 0 spiro atoms. The predicted molar refractivity (Wildman–Crippen MR) is 76.4 cm³/mol. The molecule has 2 aromatic rings. The van der Waals surface area contributed by atoms with E-state index in [1.54, 1.807) is 19.1 Å². The van der Waals surface area contributed by atoms with Crippen LogP contribution in [-0.2, 0) is 4.79 Å². The van der Waals surface area contributed by atoms with Crippen molar-refractivity contribution in [1.29, 1.82) is 0 Å². The maximum Gasteiger partial charge on any atom is 0.226 e. The smallest absolute Gasteiger partial charge is 0.226 e. The van der Waals surface area contributed by atoms with Crippen molar-refractivity contribution in [3.63, 3.8) is 0 Å². The van der Waals surface area contributed by atoms with Crippen molar-refractivity contribution in [2.75, 3.05) is 16.8 Å². The van der Waals surface area contributed by atoms with Crippen LogP contribution in [0.1, 0.15) is 17.9 Å². The molecule has 0 radical (unpaired) electrons. The Balaban J connectivity index is 1.79. The van der Waals surface area contributed by atoms with Crippen LogP contribution in [0.25, 0.3) is 0 Å². The summed E-state index contributed by atoms with van der Waals surface area (Å²) >= 11 is 1.39. The Labute approximate surface area is 120 Å². The summed E-state index contributed by atoms with van der Waals surface area (Å²) < 4.78 is 4.86. The number of amides is 1. The predicted octanol–water partition coefficient (Wildman–Crippen LogP) is 1.78. The van der Waals surface area contributed by atoms with Gasteiger partial charge in [-0.05, 0) is 13.8 Å². The van der Waals surface area contributed by atoms with Crippen molar-refractivity contribution in [3.8, 4) is 0 Å². The minimum atomic E-state index is -0.133. The molecule has 2 aromatic heterocycles. The number of nitrogens with one attached hydrogen (secondary N) is 1. The molecule has 0 saturated heterocycles. The molecule has 0 aliphatic heterocycles. The van der Waals surface area contributed by atoms with Gasteiger partial charge in [0.05, 0.1) is 0 Å². The Bertz CT molecular complexity index is 593. The average Bonchev–Trinajstić information content (AvgIpc) is 2.73. The summed E-state index contributed by atoms with van der Waals surface area (Å²) in [5.74, 6) is 1.94. The molecule has 0 bridgehead atoms. The fourth-order valence-corrected chi connectivity index (χ4v) is 2.34. The van der Waals surface area contributed by atoms with E-state index in [4.69, 9.17) is 10.3 Å². The lowest BCUT2D eigenvalue weighted by atomic mass is 10.4. The van der Waals surface area contributed by atoms with Gasteiger partial charge in [-0.2, -0.15) is 0 Å². The van der Waals surface area contributed by atoms with Crippen molar-refractivity contribution in [2.45, 2.75) is 25.4 Å². The van der Waals surface area contributed by atoms with Gasteiger partial charge in [-0.3, -0.25) is 4.79 Å². The van der Waals surface area contributed by atoms with Crippen molar-refractivity contribution in [2.24, 2.45) is 0 Å². The van der Waals surface area contributed by atoms with E-state index in [1.807, 2.05) is 6.92 Å². The van der Waals surface area contributed by atoms with E-state index in [2.05, 4.69) is 20.4 Å². The van der Waals surface area contributed by atoms with Gasteiger partial charge in [-0.25, -0.2) is 9.97 Å². The summed E-state index contributed by atoms with van der Waals surface area (Å²) in [6, 6.07) is 3.36. The molecule has 0 unspecified atom stereocenters. The summed E-state index contributed by atoms with van der Waals surface area (Å²) in [6.45, 7) is 3.61. The number of hydrogen-bond donors (Lipinski definition) is 2. The van der Waals surface area contributed by atoms with Gasteiger partial charge >= 0.3 is 0 Å². The minimum absolute atomic E-state index is 0.133. The quantitative estimate of drug-likeness (QED) is 0.639. The van der Waals surface area contributed by atoms with E-state index in [0.717, 1.165) is 5.69 Å². The molecule has 1 amide bonds. The summed E-state index contributed by atoms with van der Waals surface area (Å²) in [4.78, 5) is 20.0. The number of anilines is 2. The third kappa shape index (κ3) is 4.23. The van der Waals surface area contributed by atoms with Gasteiger partial charge in [-0.1, -0.05) is 16.9 Å². The molecule has 3 N–H and O–H groups in total. The third-order valence-corrected chi connectivity index (χ3v) is 3.16. The van der Waals surface area contributed by atoms with E-state index in [9.17, 15) is 4.79 Å². The Morgan fingerprint density at radius 2 is 2.20 bits per heavy atom. The third-order valence-electron chi connectivity index (χ3n) is 2.31. The molecule has 0 aliphatic carbocycles. The Morgan fingerprint density at radius 3 is 2.85 bits per heavy atom. The van der Waals surface area contributed by atoms with Crippen LogP contribution in [0.3, 0.4) is 0 Å². The number of rotatable bonds is 5. The fourth-order valence-electron chi connectivity index (χ4n) is 1.50. The molecule has 0 saturated carbocycles. The normalized spacial score (nSPS) is 10.5. The number of nitrogen functional groups attached to an aromatic ring is 1. The molecule has 0 aromatic carbocycles. The molecular formula is C12H15N5O2S. The number of carbonyl (C=O) groups excluding carboxylic acids is 1. The van der Waals surface area contributed by atoms with Crippen LogP contribution in [0.15, 0.2) is 21.8 Å². The Kier molecular flexibility index (Phi) is 4.57. The van der Waals surface area contributed by atoms with Crippen molar-refractivity contribution >= 4 is 29.3 Å². The van der Waals surface area contributed by atoms with Gasteiger partial charge in [0, 0.05) is 30.0 Å². The zero-order valence-electron chi connectivity index (χ0n) is 11.2. The monoisotopic (exact) mass is 293 g/mol. The highest BCUT2D eigenvalue weighted by Gasteiger charge is 2.07. The maximum absolute atomic E-state index is 11.7. The molecule has 0 fully saturated rings. The molecule has 8 heteroatoms. The lowest BCUT2D eigenvalue weighted by Gasteiger charge is -2.03. The van der Waals surface area contributed by atoms with E-state index in [0.29, 0.717) is 34.7 Å². The van der Waals surface area contributed by atoms with Crippen LogP contribution in [0, 0.1) is 13.8 Å². The summed E-state index contributed by atoms with van der Waals surface area (Å²) in [6.07, 6.45) is 0.327. The standard InChI is InChI=1S/C12H15N5O2S/c1-7-5-9(13)15-12(14-7)20-4-3-11(18)16-10-6-8(2)19-17-10/h5-6H,3-4H2,1-2H3,(H2,13,14,15)(H,16,17,18). The molecule has 2 heterocycles. The number of carbonyl (C=O) groups is 1. The number of thioether (sulfide) groups is 1. The van der Waals surface area contributed by atoms with Crippen molar-refractivity contribution in [1.82, 2.24) is 15.1 Å². The second-order valence-electron chi connectivity index (χ2n) is 4.19. The molecular weight excluding hydrogens is 278 g/mol. The van der Waals surface area contributed by atoms with Crippen LogP contribution in [0.5, 0.6) is 0 Å². The van der Waals surface area contributed by atoms with Crippen LogP contribution in [-0.4, -0.2) is 26.8 Å². The molecule has 2 rings (SSSR count). The van der Waals surface area contributed by atoms with E-state index in [-0.39, 0.29) is 5.91 Å². The first-order valence-corrected chi connectivity index (χ1v) is 6.98. The second-order valence-corrected chi connectivity index (χ2v) is 5.25. The first kappa shape index (κ1) is 14.3. The van der Waals surface area contributed by atoms with Crippen LogP contribution >= 0.6 is 11.8 Å². The van der Waals surface area contributed by atoms with Gasteiger partial charge in [0.1, 0.15) is 11.6 Å². The van der Waals surface area contributed by atoms with Gasteiger partial charge < -0.3 is 15.6 Å². The highest BCUT2D eigenvalue weighted by Crippen LogP contribution is 2.16. The van der Waals surface area contributed by atoms with Crippen LogP contribution in [0.4, 0.5) is 11.6 Å². The second kappa shape index (κ2) is 6.38. The topological polar surface area (TPSA) is 107 Å². The van der Waals surface area contributed by atoms with E-state index in [1.165, 1.54) is 11.8 Å². The van der Waals surface area contributed by atoms with E-state index >= 15 is 0 Å². The number of nitrogens with zero attached hydrogens (tertiary/aromatic N) is 3. The number of aromatic nitrogens is 3. The molecule has 20 heavy (non-hydrogen) atoms. The molecule has 0 aliphatic rings. The first-order valence-electron chi connectivity index (χ1n) is 6.00. The van der Waals surface area contributed by atoms with Gasteiger partial charge in [0.25, 0.3) is 0 Å². The summed E-state index contributed by atoms with van der Waals surface area (Å²) in [7, 11) is 0. The van der Waals surface area contributed by atoms with Crippen LogP contribution < -0.4 is 11.1 Å². The SMILES string of the molecule is Cc1cc(N)nc(SCCC(=O)Nc2cc(C)on2)n1. The number of nitrogens with two attached hydrogens (primary N) is 1. The molecule has 106 valence electrons. The zero-order chi connectivity index (χ0) is 14.5. The largest absolute Gasteiger partial charge is 0.384 e. The average molecular weight is 293 g/mol. The highest BCUT2D eigenvalue weighted by molar-refractivity contribution is 7.99. The van der Waals surface area contributed by atoms with Crippen molar-refractivity contribution in [3.05, 3.63) is 23.6 Å². The molecule has 7 nitrogen and oxygen atoms in total. The van der Waals surface area contributed by atoms with E-state index < -0.39 is 0 Å². The Morgan fingerprint density at radius 1 is 1.40 bits per heavy atom. The number of aryl methyl sites for hydroxylation is 2. The minimum Gasteiger partial charge on any atom is -0.384 e. The summed E-state index contributed by atoms with van der Waals surface area (Å²) in [5, 5.41) is 6.92. The van der Waals surface area contributed by atoms with Crippen LogP contribution in [0.2, 0.25) is 0 Å². The lowest BCUT2D eigenvalue weighted by Crippen LogP contribution is -2.12. The summed E-state index contributed by atoms with van der Waals surface area (Å²) in [5.41, 5.74) is 6.44. The van der Waals surface area contributed by atoms with Gasteiger partial charge in [-0.15, -0.1) is 0 Å². The number of hydrogen-bond acceptors (Lipinski definition) is 7. The first-order chi connectivity index (χ1) is 9.52. The fraction of sp³-hybridized carbons (Fsp3) is 0.333.